The van der Waals surface area contributed by atoms with Crippen LogP contribution in [0.3, 0.4) is 0 Å². The van der Waals surface area contributed by atoms with Crippen LogP contribution in [0.2, 0.25) is 0 Å². The molecule has 7 nitrogen and oxygen atoms in total. The van der Waals surface area contributed by atoms with Gasteiger partial charge >= 0.3 is 0 Å². The first-order valence-corrected chi connectivity index (χ1v) is 11.2. The van der Waals surface area contributed by atoms with Crippen LogP contribution in [0.4, 0.5) is 0 Å². The molecule has 2 aromatic heterocycles. The molecule has 0 aliphatic heterocycles. The minimum atomic E-state index is -3.84. The molecule has 0 atom stereocenters. The maximum absolute atomic E-state index is 13.7. The largest absolute Gasteiger partial charge is 0.347 e. The number of nitrogens with zero attached hydrogens (tertiary/aromatic N) is 3. The van der Waals surface area contributed by atoms with E-state index in [-0.39, 0.29) is 11.4 Å². The van der Waals surface area contributed by atoms with Crippen molar-refractivity contribution in [2.24, 2.45) is 0 Å². The molecule has 4 rings (SSSR count). The quantitative estimate of drug-likeness (QED) is 0.695. The standard InChI is InChI=1S/C21H24N4O3S/c1-15-8-9-16(2)17(13-15)29(27,28)21(10-4-5-11-21)20(26)22-14-19-24-23-18-7-3-6-12-25(18)19/h3,6-9,12-13H,4-5,10-11,14H2,1-2H3,(H,22,26). The van der Waals surface area contributed by atoms with Gasteiger partial charge in [0.05, 0.1) is 11.4 Å². The molecule has 0 spiro atoms. The zero-order valence-electron chi connectivity index (χ0n) is 16.6. The Hall–Kier alpha value is -2.74. The molecule has 1 amide bonds. The lowest BCUT2D eigenvalue weighted by molar-refractivity contribution is -0.123. The van der Waals surface area contributed by atoms with Gasteiger partial charge in [0.1, 0.15) is 0 Å². The monoisotopic (exact) mass is 412 g/mol. The molecule has 8 heteroatoms. The molecule has 1 N–H and O–H groups in total. The second kappa shape index (κ2) is 7.26. The number of rotatable bonds is 5. The molecule has 0 radical (unpaired) electrons. The Balaban J connectivity index is 1.66. The van der Waals surface area contributed by atoms with Gasteiger partial charge in [0.15, 0.2) is 26.1 Å². The third kappa shape index (κ3) is 3.21. The van der Waals surface area contributed by atoms with Crippen LogP contribution in [0.15, 0.2) is 47.5 Å². The van der Waals surface area contributed by atoms with Gasteiger partial charge in [0.25, 0.3) is 0 Å². The number of amides is 1. The van der Waals surface area contributed by atoms with E-state index in [2.05, 4.69) is 15.5 Å². The van der Waals surface area contributed by atoms with Crippen LogP contribution in [0.25, 0.3) is 5.65 Å². The summed E-state index contributed by atoms with van der Waals surface area (Å²) in [5, 5.41) is 11.0. The molecule has 152 valence electrons. The first kappa shape index (κ1) is 19.6. The SMILES string of the molecule is Cc1ccc(C)c(S(=O)(=O)C2(C(=O)NCc3nnc4ccccn34)CCCC2)c1. The van der Waals surface area contributed by atoms with Gasteiger partial charge in [-0.2, -0.15) is 0 Å². The van der Waals surface area contributed by atoms with Crippen LogP contribution in [0, 0.1) is 13.8 Å². The second-order valence-corrected chi connectivity index (χ2v) is 9.93. The number of carbonyl (C=O) groups excluding carboxylic acids is 1. The highest BCUT2D eigenvalue weighted by atomic mass is 32.2. The van der Waals surface area contributed by atoms with E-state index in [1.54, 1.807) is 23.5 Å². The van der Waals surface area contributed by atoms with Crippen LogP contribution in [-0.4, -0.2) is 33.7 Å². The lowest BCUT2D eigenvalue weighted by atomic mass is 10.1. The van der Waals surface area contributed by atoms with Crippen LogP contribution >= 0.6 is 0 Å². The van der Waals surface area contributed by atoms with Gasteiger partial charge in [0, 0.05) is 6.20 Å². The predicted octanol–water partition coefficient (Wildman–Crippen LogP) is 2.75. The van der Waals surface area contributed by atoms with E-state index in [4.69, 9.17) is 0 Å². The van der Waals surface area contributed by atoms with E-state index in [9.17, 15) is 13.2 Å². The molecule has 1 saturated carbocycles. The van der Waals surface area contributed by atoms with Gasteiger partial charge in [-0.1, -0.05) is 31.0 Å². The minimum absolute atomic E-state index is 0.119. The molecule has 1 aromatic carbocycles. The Kier molecular flexibility index (Phi) is 4.90. The number of sulfone groups is 1. The summed E-state index contributed by atoms with van der Waals surface area (Å²) in [7, 11) is -3.84. The van der Waals surface area contributed by atoms with Crippen molar-refractivity contribution < 1.29 is 13.2 Å². The van der Waals surface area contributed by atoms with Crippen LogP contribution < -0.4 is 5.32 Å². The molecule has 0 unspecified atom stereocenters. The first-order valence-electron chi connectivity index (χ1n) is 9.74. The number of benzene rings is 1. The fourth-order valence-corrected chi connectivity index (χ4v) is 6.50. The summed E-state index contributed by atoms with van der Waals surface area (Å²) < 4.78 is 27.6. The highest BCUT2D eigenvalue weighted by Crippen LogP contribution is 2.41. The van der Waals surface area contributed by atoms with Crippen molar-refractivity contribution in [2.75, 3.05) is 0 Å². The molecule has 2 heterocycles. The Morgan fingerprint density at radius 2 is 1.90 bits per heavy atom. The maximum atomic E-state index is 13.7. The lowest BCUT2D eigenvalue weighted by Gasteiger charge is -2.28. The van der Waals surface area contributed by atoms with Crippen LogP contribution in [0.5, 0.6) is 0 Å². The summed E-state index contributed by atoms with van der Waals surface area (Å²) in [6.45, 7) is 3.75. The summed E-state index contributed by atoms with van der Waals surface area (Å²) in [4.78, 5) is 13.5. The number of fused-ring (bicyclic) bond motifs is 1. The van der Waals surface area contributed by atoms with Gasteiger partial charge < -0.3 is 5.32 Å². The highest BCUT2D eigenvalue weighted by molar-refractivity contribution is 7.93. The average molecular weight is 413 g/mol. The fraction of sp³-hybridized carbons (Fsp3) is 0.381. The van der Waals surface area contributed by atoms with E-state index >= 15 is 0 Å². The highest BCUT2D eigenvalue weighted by Gasteiger charge is 2.53. The number of aromatic nitrogens is 3. The number of pyridine rings is 1. The van der Waals surface area contributed by atoms with Gasteiger partial charge in [-0.05, 0) is 56.0 Å². The van der Waals surface area contributed by atoms with E-state index in [0.29, 0.717) is 42.7 Å². The van der Waals surface area contributed by atoms with Crippen molar-refractivity contribution >= 4 is 21.4 Å². The summed E-state index contributed by atoms with van der Waals surface area (Å²) >= 11 is 0. The predicted molar refractivity (Wildman–Crippen MR) is 109 cm³/mol. The Labute approximate surface area is 170 Å². The maximum Gasteiger partial charge on any atom is 0.242 e. The number of carbonyl (C=O) groups is 1. The number of hydrogen-bond acceptors (Lipinski definition) is 5. The minimum Gasteiger partial charge on any atom is -0.347 e. The van der Waals surface area contributed by atoms with Crippen molar-refractivity contribution in [3.63, 3.8) is 0 Å². The molecular formula is C21H24N4O3S. The zero-order chi connectivity index (χ0) is 20.6. The third-order valence-corrected chi connectivity index (χ3v) is 8.41. The van der Waals surface area contributed by atoms with Gasteiger partial charge in [0.2, 0.25) is 5.91 Å². The first-order chi connectivity index (χ1) is 13.8. The molecule has 3 aromatic rings. The van der Waals surface area contributed by atoms with Crippen molar-refractivity contribution in [1.82, 2.24) is 19.9 Å². The summed E-state index contributed by atoms with van der Waals surface area (Å²) in [5.74, 6) is 0.106. The molecule has 0 bridgehead atoms. The van der Waals surface area contributed by atoms with Crippen molar-refractivity contribution in [3.05, 3.63) is 59.5 Å². The number of hydrogen-bond donors (Lipinski definition) is 1. The molecule has 1 aliphatic rings. The summed E-state index contributed by atoms with van der Waals surface area (Å²) in [6.07, 6.45) is 3.90. The van der Waals surface area contributed by atoms with E-state index in [0.717, 1.165) is 5.56 Å². The molecule has 1 fully saturated rings. The third-order valence-electron chi connectivity index (χ3n) is 5.76. The molecule has 0 saturated heterocycles. The van der Waals surface area contributed by atoms with Gasteiger partial charge in [-0.25, -0.2) is 8.42 Å². The molecular weight excluding hydrogens is 388 g/mol. The van der Waals surface area contributed by atoms with Crippen molar-refractivity contribution in [2.45, 2.75) is 55.7 Å². The van der Waals surface area contributed by atoms with E-state index in [1.165, 1.54) is 0 Å². The second-order valence-electron chi connectivity index (χ2n) is 7.70. The van der Waals surface area contributed by atoms with E-state index in [1.807, 2.05) is 37.4 Å². The van der Waals surface area contributed by atoms with Crippen molar-refractivity contribution in [1.29, 1.82) is 0 Å². The Morgan fingerprint density at radius 1 is 1.14 bits per heavy atom. The van der Waals surface area contributed by atoms with E-state index < -0.39 is 20.5 Å². The smallest absolute Gasteiger partial charge is 0.242 e. The van der Waals surface area contributed by atoms with Crippen LogP contribution in [-0.2, 0) is 21.2 Å². The topological polar surface area (TPSA) is 93.4 Å². The molecule has 1 aliphatic carbocycles. The zero-order valence-corrected chi connectivity index (χ0v) is 17.4. The number of nitrogens with one attached hydrogen (secondary N) is 1. The van der Waals surface area contributed by atoms with Crippen LogP contribution in [0.1, 0.15) is 42.6 Å². The normalized spacial score (nSPS) is 16.2. The van der Waals surface area contributed by atoms with Gasteiger partial charge in [-0.15, -0.1) is 10.2 Å². The summed E-state index contributed by atoms with van der Waals surface area (Å²) in [5.41, 5.74) is 2.20. The average Bonchev–Trinajstić information content (AvgIpc) is 3.36. The lowest BCUT2D eigenvalue weighted by Crippen LogP contribution is -2.50. The molecule has 29 heavy (non-hydrogen) atoms. The Morgan fingerprint density at radius 3 is 2.66 bits per heavy atom. The van der Waals surface area contributed by atoms with Gasteiger partial charge in [-0.3, -0.25) is 9.20 Å². The Bertz CT molecular complexity index is 1180. The number of aryl methyl sites for hydroxylation is 2. The summed E-state index contributed by atoms with van der Waals surface area (Å²) in [6, 6.07) is 10.9. The fourth-order valence-electron chi connectivity index (χ4n) is 4.10. The van der Waals surface area contributed by atoms with Crippen molar-refractivity contribution in [3.8, 4) is 0 Å².